The summed E-state index contributed by atoms with van der Waals surface area (Å²) in [7, 11) is 1.65. The Morgan fingerprint density at radius 3 is 2.83 bits per heavy atom. The second kappa shape index (κ2) is 4.42. The zero-order valence-electron chi connectivity index (χ0n) is 10.0. The van der Waals surface area contributed by atoms with Crippen molar-refractivity contribution in [2.45, 2.75) is 18.9 Å². The summed E-state index contributed by atoms with van der Waals surface area (Å²) in [5.74, 6) is 1.50. The van der Waals surface area contributed by atoms with E-state index in [0.29, 0.717) is 23.2 Å². The van der Waals surface area contributed by atoms with Gasteiger partial charge in [0.25, 0.3) is 5.89 Å². The predicted molar refractivity (Wildman–Crippen MR) is 63.9 cm³/mol. The molecule has 0 radical (unpaired) electrons. The van der Waals surface area contributed by atoms with Gasteiger partial charge in [-0.05, 0) is 30.9 Å². The SMILES string of the molecule is COC(c1noc(-c2ccccc2O)n1)C1CC1. The van der Waals surface area contributed by atoms with Gasteiger partial charge in [-0.2, -0.15) is 4.98 Å². The number of phenolic OH excluding ortho intramolecular Hbond substituents is 1. The lowest BCUT2D eigenvalue weighted by molar-refractivity contribution is 0.0751. The summed E-state index contributed by atoms with van der Waals surface area (Å²) in [5, 5.41) is 13.7. The van der Waals surface area contributed by atoms with E-state index in [4.69, 9.17) is 9.26 Å². The van der Waals surface area contributed by atoms with Crippen LogP contribution in [0.15, 0.2) is 28.8 Å². The standard InChI is InChI=1S/C13H14N2O3/c1-17-11(8-6-7-8)12-14-13(18-15-12)9-4-2-3-5-10(9)16/h2-5,8,11,16H,6-7H2,1H3. The van der Waals surface area contributed by atoms with Crippen molar-refractivity contribution in [3.63, 3.8) is 0 Å². The summed E-state index contributed by atoms with van der Waals surface area (Å²) in [5.41, 5.74) is 0.543. The van der Waals surface area contributed by atoms with Crippen LogP contribution in [0.25, 0.3) is 11.5 Å². The first-order chi connectivity index (χ1) is 8.79. The second-order valence-corrected chi connectivity index (χ2v) is 4.47. The van der Waals surface area contributed by atoms with Gasteiger partial charge in [0.1, 0.15) is 11.9 Å². The largest absolute Gasteiger partial charge is 0.507 e. The van der Waals surface area contributed by atoms with Crippen LogP contribution in [-0.4, -0.2) is 22.4 Å². The van der Waals surface area contributed by atoms with E-state index >= 15 is 0 Å². The van der Waals surface area contributed by atoms with E-state index in [2.05, 4.69) is 10.1 Å². The molecule has 1 aromatic carbocycles. The fourth-order valence-electron chi connectivity index (χ4n) is 2.02. The average Bonchev–Trinajstić information content (AvgIpc) is 3.09. The van der Waals surface area contributed by atoms with Gasteiger partial charge >= 0.3 is 0 Å². The Bertz CT molecular complexity index is 549. The highest BCUT2D eigenvalue weighted by molar-refractivity contribution is 5.61. The second-order valence-electron chi connectivity index (χ2n) is 4.47. The molecule has 0 spiro atoms. The first-order valence-electron chi connectivity index (χ1n) is 5.94. The van der Waals surface area contributed by atoms with E-state index < -0.39 is 0 Å². The van der Waals surface area contributed by atoms with Gasteiger partial charge in [-0.1, -0.05) is 17.3 Å². The molecule has 1 N–H and O–H groups in total. The maximum absolute atomic E-state index is 9.73. The fraction of sp³-hybridized carbons (Fsp3) is 0.385. The molecule has 1 atom stereocenters. The minimum Gasteiger partial charge on any atom is -0.507 e. The summed E-state index contributed by atoms with van der Waals surface area (Å²) >= 11 is 0. The number of hydrogen-bond acceptors (Lipinski definition) is 5. The van der Waals surface area contributed by atoms with Crippen molar-refractivity contribution in [3.8, 4) is 17.2 Å². The first-order valence-corrected chi connectivity index (χ1v) is 5.94. The van der Waals surface area contributed by atoms with Crippen LogP contribution in [0.2, 0.25) is 0 Å². The van der Waals surface area contributed by atoms with Gasteiger partial charge in [-0.3, -0.25) is 0 Å². The smallest absolute Gasteiger partial charge is 0.261 e. The Labute approximate surface area is 104 Å². The van der Waals surface area contributed by atoms with E-state index in [0.717, 1.165) is 12.8 Å². The Balaban J connectivity index is 1.91. The van der Waals surface area contributed by atoms with E-state index in [1.165, 1.54) is 0 Å². The van der Waals surface area contributed by atoms with Crippen LogP contribution in [0.1, 0.15) is 24.8 Å². The van der Waals surface area contributed by atoms with E-state index in [1.807, 2.05) is 6.07 Å². The third-order valence-electron chi connectivity index (χ3n) is 3.13. The van der Waals surface area contributed by atoms with Gasteiger partial charge in [-0.25, -0.2) is 0 Å². The number of aromatic nitrogens is 2. The molecule has 2 aromatic rings. The summed E-state index contributed by atoms with van der Waals surface area (Å²) in [4.78, 5) is 4.31. The maximum Gasteiger partial charge on any atom is 0.261 e. The van der Waals surface area contributed by atoms with Crippen molar-refractivity contribution in [3.05, 3.63) is 30.1 Å². The normalized spacial score (nSPS) is 16.7. The molecule has 1 saturated carbocycles. The van der Waals surface area contributed by atoms with Crippen molar-refractivity contribution >= 4 is 0 Å². The fourth-order valence-corrected chi connectivity index (χ4v) is 2.02. The van der Waals surface area contributed by atoms with Crippen LogP contribution >= 0.6 is 0 Å². The minimum atomic E-state index is -0.103. The highest BCUT2D eigenvalue weighted by Gasteiger charge is 2.35. The number of hydrogen-bond donors (Lipinski definition) is 1. The Morgan fingerprint density at radius 2 is 2.17 bits per heavy atom. The van der Waals surface area contributed by atoms with Crippen molar-refractivity contribution < 1.29 is 14.4 Å². The monoisotopic (exact) mass is 246 g/mol. The van der Waals surface area contributed by atoms with Crippen LogP contribution in [0, 0.1) is 5.92 Å². The molecule has 0 bridgehead atoms. The quantitative estimate of drug-likeness (QED) is 0.897. The third kappa shape index (κ3) is 1.97. The van der Waals surface area contributed by atoms with Crippen molar-refractivity contribution in [2.24, 2.45) is 5.92 Å². The van der Waals surface area contributed by atoms with Gasteiger partial charge in [-0.15, -0.1) is 0 Å². The molecule has 0 aliphatic heterocycles. The molecule has 1 aromatic heterocycles. The summed E-state index contributed by atoms with van der Waals surface area (Å²) in [6, 6.07) is 6.89. The zero-order chi connectivity index (χ0) is 12.5. The van der Waals surface area contributed by atoms with Gasteiger partial charge in [0.15, 0.2) is 0 Å². The first kappa shape index (κ1) is 11.2. The molecule has 0 amide bonds. The number of aromatic hydroxyl groups is 1. The molecule has 18 heavy (non-hydrogen) atoms. The van der Waals surface area contributed by atoms with Gasteiger partial charge in [0, 0.05) is 7.11 Å². The lowest BCUT2D eigenvalue weighted by atomic mass is 10.2. The average molecular weight is 246 g/mol. The summed E-state index contributed by atoms with van der Waals surface area (Å²) < 4.78 is 10.6. The third-order valence-corrected chi connectivity index (χ3v) is 3.13. The summed E-state index contributed by atoms with van der Waals surface area (Å²) in [6.07, 6.45) is 2.17. The Kier molecular flexibility index (Phi) is 2.76. The van der Waals surface area contributed by atoms with E-state index in [-0.39, 0.29) is 11.9 Å². The van der Waals surface area contributed by atoms with Crippen LogP contribution in [0.5, 0.6) is 5.75 Å². The maximum atomic E-state index is 9.73. The molecule has 5 nitrogen and oxygen atoms in total. The molecule has 1 unspecified atom stereocenters. The Morgan fingerprint density at radius 1 is 1.39 bits per heavy atom. The number of ether oxygens (including phenoxy) is 1. The predicted octanol–water partition coefficient (Wildman–Crippen LogP) is 2.54. The molecule has 0 saturated heterocycles. The molecule has 1 fully saturated rings. The molecule has 3 rings (SSSR count). The highest BCUT2D eigenvalue weighted by atomic mass is 16.5. The van der Waals surface area contributed by atoms with E-state index in [9.17, 15) is 5.11 Å². The van der Waals surface area contributed by atoms with Crippen LogP contribution in [0.4, 0.5) is 0 Å². The molecular weight excluding hydrogens is 232 g/mol. The topological polar surface area (TPSA) is 68.4 Å². The number of benzene rings is 1. The van der Waals surface area contributed by atoms with Gasteiger partial charge in [0.2, 0.25) is 5.82 Å². The molecule has 1 aliphatic rings. The number of methoxy groups -OCH3 is 1. The van der Waals surface area contributed by atoms with Crippen molar-refractivity contribution in [1.29, 1.82) is 0 Å². The number of phenols is 1. The molecule has 94 valence electrons. The van der Waals surface area contributed by atoms with Crippen molar-refractivity contribution in [1.82, 2.24) is 10.1 Å². The van der Waals surface area contributed by atoms with E-state index in [1.54, 1.807) is 25.3 Å². The zero-order valence-corrected chi connectivity index (χ0v) is 10.0. The lowest BCUT2D eigenvalue weighted by Gasteiger charge is -2.08. The number of nitrogens with zero attached hydrogens (tertiary/aromatic N) is 2. The highest BCUT2D eigenvalue weighted by Crippen LogP contribution is 2.42. The van der Waals surface area contributed by atoms with Crippen molar-refractivity contribution in [2.75, 3.05) is 7.11 Å². The van der Waals surface area contributed by atoms with Crippen LogP contribution < -0.4 is 0 Å². The van der Waals surface area contributed by atoms with Gasteiger partial charge in [0.05, 0.1) is 5.56 Å². The lowest BCUT2D eigenvalue weighted by Crippen LogP contribution is -2.05. The number of rotatable bonds is 4. The Hall–Kier alpha value is -1.88. The van der Waals surface area contributed by atoms with Gasteiger partial charge < -0.3 is 14.4 Å². The molecular formula is C13H14N2O3. The molecule has 5 heteroatoms. The van der Waals surface area contributed by atoms with Crippen LogP contribution in [0.3, 0.4) is 0 Å². The number of para-hydroxylation sites is 1. The van der Waals surface area contributed by atoms with Crippen LogP contribution in [-0.2, 0) is 4.74 Å². The molecule has 1 aliphatic carbocycles. The minimum absolute atomic E-state index is 0.103. The summed E-state index contributed by atoms with van der Waals surface area (Å²) in [6.45, 7) is 0. The molecule has 1 heterocycles.